The van der Waals surface area contributed by atoms with Crippen molar-refractivity contribution in [3.8, 4) is 0 Å². The molecular formula is C13H17N3O3. The van der Waals surface area contributed by atoms with Crippen LogP contribution in [0.5, 0.6) is 0 Å². The van der Waals surface area contributed by atoms with E-state index in [1.165, 1.54) is 0 Å². The van der Waals surface area contributed by atoms with Crippen LogP contribution in [0, 0.1) is 5.92 Å². The molecule has 2 N–H and O–H groups in total. The Labute approximate surface area is 111 Å². The van der Waals surface area contributed by atoms with E-state index in [-0.39, 0.29) is 12.1 Å². The van der Waals surface area contributed by atoms with Gasteiger partial charge in [-0.1, -0.05) is 6.07 Å². The number of carboxylic acid groups (broad SMARTS) is 1. The molecule has 0 aliphatic carbocycles. The predicted octanol–water partition coefficient (Wildman–Crippen LogP) is 1.09. The van der Waals surface area contributed by atoms with E-state index in [9.17, 15) is 9.59 Å². The number of carbonyl (C=O) groups is 2. The Kier molecular flexibility index (Phi) is 3.99. The van der Waals surface area contributed by atoms with Gasteiger partial charge in [0.25, 0.3) is 0 Å². The fraction of sp³-hybridized carbons (Fsp3) is 0.462. The number of urea groups is 1. The molecule has 6 heteroatoms. The van der Waals surface area contributed by atoms with Crippen LogP contribution in [0.3, 0.4) is 0 Å². The first kappa shape index (κ1) is 13.3. The Morgan fingerprint density at radius 1 is 1.53 bits per heavy atom. The second kappa shape index (κ2) is 5.69. The fourth-order valence-electron chi connectivity index (χ4n) is 2.33. The van der Waals surface area contributed by atoms with Gasteiger partial charge in [-0.2, -0.15) is 0 Å². The molecule has 2 heterocycles. The number of rotatable bonds is 3. The second-order valence-corrected chi connectivity index (χ2v) is 4.65. The molecule has 0 bridgehead atoms. The van der Waals surface area contributed by atoms with Crippen molar-refractivity contribution >= 4 is 12.0 Å². The van der Waals surface area contributed by atoms with Crippen molar-refractivity contribution in [3.05, 3.63) is 30.1 Å². The van der Waals surface area contributed by atoms with Crippen molar-refractivity contribution in [1.29, 1.82) is 0 Å². The minimum absolute atomic E-state index is 0.234. The van der Waals surface area contributed by atoms with Crippen LogP contribution >= 0.6 is 0 Å². The summed E-state index contributed by atoms with van der Waals surface area (Å²) in [6.45, 7) is 2.60. The Bertz CT molecular complexity index is 463. The quantitative estimate of drug-likeness (QED) is 0.855. The van der Waals surface area contributed by atoms with Gasteiger partial charge >= 0.3 is 12.0 Å². The Hall–Kier alpha value is -2.11. The van der Waals surface area contributed by atoms with Crippen LogP contribution in [0.15, 0.2) is 24.4 Å². The van der Waals surface area contributed by atoms with Crippen molar-refractivity contribution in [2.75, 3.05) is 6.54 Å². The molecule has 0 radical (unpaired) electrons. The molecule has 1 aliphatic heterocycles. The van der Waals surface area contributed by atoms with Gasteiger partial charge in [0, 0.05) is 18.8 Å². The van der Waals surface area contributed by atoms with Crippen molar-refractivity contribution in [1.82, 2.24) is 15.2 Å². The minimum Gasteiger partial charge on any atom is -0.481 e. The number of nitrogens with zero attached hydrogens (tertiary/aromatic N) is 2. The lowest BCUT2D eigenvalue weighted by molar-refractivity contribution is -0.142. The molecule has 1 aliphatic rings. The molecule has 2 atom stereocenters. The van der Waals surface area contributed by atoms with Gasteiger partial charge in [-0.05, 0) is 25.5 Å². The molecule has 2 amide bonds. The summed E-state index contributed by atoms with van der Waals surface area (Å²) in [6.07, 6.45) is 2.17. The van der Waals surface area contributed by atoms with E-state index >= 15 is 0 Å². The van der Waals surface area contributed by atoms with E-state index in [4.69, 9.17) is 5.11 Å². The van der Waals surface area contributed by atoms with E-state index in [0.717, 1.165) is 5.69 Å². The SMILES string of the molecule is CC1C(C(=O)O)CCN1C(=O)NCc1ccccn1. The van der Waals surface area contributed by atoms with Gasteiger partial charge in [0.2, 0.25) is 0 Å². The topological polar surface area (TPSA) is 82.5 Å². The van der Waals surface area contributed by atoms with Crippen LogP contribution in [0.25, 0.3) is 0 Å². The molecule has 2 rings (SSSR count). The van der Waals surface area contributed by atoms with Gasteiger partial charge in [-0.15, -0.1) is 0 Å². The Balaban J connectivity index is 1.89. The summed E-state index contributed by atoms with van der Waals surface area (Å²) in [6, 6.07) is 4.98. The predicted molar refractivity (Wildman–Crippen MR) is 68.4 cm³/mol. The number of nitrogens with one attached hydrogen (secondary N) is 1. The van der Waals surface area contributed by atoms with Crippen LogP contribution < -0.4 is 5.32 Å². The zero-order chi connectivity index (χ0) is 13.8. The van der Waals surface area contributed by atoms with Crippen LogP contribution in [0.2, 0.25) is 0 Å². The molecule has 0 aromatic carbocycles. The molecule has 1 fully saturated rings. The van der Waals surface area contributed by atoms with E-state index < -0.39 is 11.9 Å². The van der Waals surface area contributed by atoms with Crippen LogP contribution in [0.1, 0.15) is 19.0 Å². The summed E-state index contributed by atoms with van der Waals surface area (Å²) in [4.78, 5) is 28.7. The van der Waals surface area contributed by atoms with Crippen LogP contribution in [-0.2, 0) is 11.3 Å². The van der Waals surface area contributed by atoms with Gasteiger partial charge in [-0.25, -0.2) is 4.79 Å². The molecule has 1 aromatic rings. The first-order chi connectivity index (χ1) is 9.09. The first-order valence-corrected chi connectivity index (χ1v) is 6.27. The molecule has 1 aromatic heterocycles. The highest BCUT2D eigenvalue weighted by molar-refractivity contribution is 5.78. The third-order valence-corrected chi connectivity index (χ3v) is 3.48. The lowest BCUT2D eigenvalue weighted by Gasteiger charge is -2.23. The summed E-state index contributed by atoms with van der Waals surface area (Å²) in [7, 11) is 0. The number of carboxylic acids is 1. The summed E-state index contributed by atoms with van der Waals surface area (Å²) < 4.78 is 0. The Morgan fingerprint density at radius 3 is 2.89 bits per heavy atom. The minimum atomic E-state index is -0.840. The molecule has 0 saturated carbocycles. The molecule has 0 spiro atoms. The third-order valence-electron chi connectivity index (χ3n) is 3.48. The highest BCUT2D eigenvalue weighted by atomic mass is 16.4. The summed E-state index contributed by atoms with van der Waals surface area (Å²) >= 11 is 0. The second-order valence-electron chi connectivity index (χ2n) is 4.65. The summed E-state index contributed by atoms with van der Waals surface area (Å²) in [5.41, 5.74) is 0.775. The van der Waals surface area contributed by atoms with Gasteiger partial charge < -0.3 is 15.3 Å². The lowest BCUT2D eigenvalue weighted by Crippen LogP contribution is -2.43. The first-order valence-electron chi connectivity index (χ1n) is 6.27. The number of likely N-dealkylation sites (tertiary alicyclic amines) is 1. The maximum absolute atomic E-state index is 12.0. The van der Waals surface area contributed by atoms with Crippen molar-refractivity contribution < 1.29 is 14.7 Å². The number of hydrogen-bond donors (Lipinski definition) is 2. The molecule has 1 saturated heterocycles. The standard InChI is InChI=1S/C13H17N3O3/c1-9-11(12(17)18)5-7-16(9)13(19)15-8-10-4-2-3-6-14-10/h2-4,6,9,11H,5,7-8H2,1H3,(H,15,19)(H,17,18). The number of aliphatic carboxylic acids is 1. The molecule has 6 nitrogen and oxygen atoms in total. The smallest absolute Gasteiger partial charge is 0.317 e. The number of pyridine rings is 1. The third kappa shape index (κ3) is 3.01. The van der Waals surface area contributed by atoms with Crippen LogP contribution in [0.4, 0.5) is 4.79 Å². The lowest BCUT2D eigenvalue weighted by atomic mass is 10.0. The van der Waals surface area contributed by atoms with Crippen molar-refractivity contribution in [3.63, 3.8) is 0 Å². The average molecular weight is 263 g/mol. The van der Waals surface area contributed by atoms with Gasteiger partial charge in [0.15, 0.2) is 0 Å². The monoisotopic (exact) mass is 263 g/mol. The highest BCUT2D eigenvalue weighted by Crippen LogP contribution is 2.24. The fourth-order valence-corrected chi connectivity index (χ4v) is 2.33. The number of amides is 2. The van der Waals surface area contributed by atoms with Crippen LogP contribution in [-0.4, -0.2) is 39.6 Å². The molecule has 2 unspecified atom stereocenters. The molecular weight excluding hydrogens is 246 g/mol. The largest absolute Gasteiger partial charge is 0.481 e. The number of carbonyl (C=O) groups excluding carboxylic acids is 1. The normalized spacial score (nSPS) is 22.3. The zero-order valence-electron chi connectivity index (χ0n) is 10.7. The summed E-state index contributed by atoms with van der Waals surface area (Å²) in [5, 5.41) is 11.8. The van der Waals surface area contributed by atoms with Gasteiger partial charge in [0.1, 0.15) is 0 Å². The van der Waals surface area contributed by atoms with Crippen molar-refractivity contribution in [2.24, 2.45) is 5.92 Å². The van der Waals surface area contributed by atoms with Gasteiger partial charge in [0.05, 0.1) is 18.2 Å². The number of hydrogen-bond acceptors (Lipinski definition) is 3. The summed E-state index contributed by atoms with van der Waals surface area (Å²) in [5.74, 6) is -1.31. The average Bonchev–Trinajstić information content (AvgIpc) is 2.79. The molecule has 102 valence electrons. The van der Waals surface area contributed by atoms with E-state index in [2.05, 4.69) is 10.3 Å². The van der Waals surface area contributed by atoms with Gasteiger partial charge in [-0.3, -0.25) is 9.78 Å². The maximum Gasteiger partial charge on any atom is 0.317 e. The highest BCUT2D eigenvalue weighted by Gasteiger charge is 2.37. The van der Waals surface area contributed by atoms with E-state index in [1.54, 1.807) is 18.0 Å². The zero-order valence-corrected chi connectivity index (χ0v) is 10.7. The Morgan fingerprint density at radius 2 is 2.32 bits per heavy atom. The van der Waals surface area contributed by atoms with E-state index in [0.29, 0.717) is 19.5 Å². The molecule has 19 heavy (non-hydrogen) atoms. The van der Waals surface area contributed by atoms with E-state index in [1.807, 2.05) is 18.2 Å². The van der Waals surface area contributed by atoms with Crippen molar-refractivity contribution in [2.45, 2.75) is 25.9 Å². The number of aromatic nitrogens is 1. The maximum atomic E-state index is 12.0.